The molecule has 1 aromatic carbocycles. The van der Waals surface area contributed by atoms with Gasteiger partial charge in [-0.2, -0.15) is 0 Å². The summed E-state index contributed by atoms with van der Waals surface area (Å²) in [6.45, 7) is 11.0. The fourth-order valence-corrected chi connectivity index (χ4v) is 3.07. The van der Waals surface area contributed by atoms with E-state index in [0.29, 0.717) is 44.4 Å². The molecular formula is C20H30N2O2. The highest BCUT2D eigenvalue weighted by Gasteiger charge is 2.25. The van der Waals surface area contributed by atoms with Crippen LogP contribution in [0.5, 0.6) is 0 Å². The van der Waals surface area contributed by atoms with Crippen LogP contribution >= 0.6 is 0 Å². The molecular weight excluding hydrogens is 300 g/mol. The first kappa shape index (κ1) is 18.5. The van der Waals surface area contributed by atoms with E-state index in [0.717, 1.165) is 12.0 Å². The molecule has 1 aliphatic heterocycles. The molecule has 0 aliphatic carbocycles. The molecule has 0 spiro atoms. The lowest BCUT2D eigenvalue weighted by molar-refractivity contribution is -0.133. The van der Waals surface area contributed by atoms with Crippen molar-refractivity contribution in [2.75, 3.05) is 26.2 Å². The van der Waals surface area contributed by atoms with Crippen molar-refractivity contribution < 1.29 is 9.59 Å². The molecule has 1 aliphatic rings. The molecule has 1 aromatic rings. The van der Waals surface area contributed by atoms with E-state index in [2.05, 4.69) is 39.8 Å². The average molecular weight is 330 g/mol. The van der Waals surface area contributed by atoms with Crippen molar-refractivity contribution in [3.63, 3.8) is 0 Å². The molecule has 2 amide bonds. The summed E-state index contributed by atoms with van der Waals surface area (Å²) >= 11 is 0. The molecule has 0 bridgehead atoms. The first-order chi connectivity index (χ1) is 11.4. The van der Waals surface area contributed by atoms with E-state index in [4.69, 9.17) is 0 Å². The maximum absolute atomic E-state index is 12.6. The smallest absolute Gasteiger partial charge is 0.253 e. The third-order valence-corrected chi connectivity index (χ3v) is 4.35. The van der Waals surface area contributed by atoms with Gasteiger partial charge in [0, 0.05) is 38.2 Å². The zero-order valence-corrected chi connectivity index (χ0v) is 15.4. The highest BCUT2D eigenvalue weighted by atomic mass is 16.2. The van der Waals surface area contributed by atoms with Gasteiger partial charge in [0.05, 0.1) is 0 Å². The van der Waals surface area contributed by atoms with Crippen LogP contribution in [0, 0.1) is 11.8 Å². The summed E-state index contributed by atoms with van der Waals surface area (Å²) in [6.07, 6.45) is 1.62. The molecule has 2 rings (SSSR count). The van der Waals surface area contributed by atoms with E-state index < -0.39 is 0 Å². The minimum atomic E-state index is 0.0713. The number of amides is 2. The predicted molar refractivity (Wildman–Crippen MR) is 96.9 cm³/mol. The minimum absolute atomic E-state index is 0.0713. The first-order valence-corrected chi connectivity index (χ1v) is 9.02. The Labute approximate surface area is 145 Å². The van der Waals surface area contributed by atoms with Crippen LogP contribution < -0.4 is 0 Å². The Hall–Kier alpha value is -1.84. The van der Waals surface area contributed by atoms with E-state index in [-0.39, 0.29) is 11.8 Å². The molecule has 4 heteroatoms. The first-order valence-electron chi connectivity index (χ1n) is 9.02. The van der Waals surface area contributed by atoms with E-state index in [9.17, 15) is 9.59 Å². The van der Waals surface area contributed by atoms with Crippen LogP contribution in [0.4, 0.5) is 0 Å². The fourth-order valence-electron chi connectivity index (χ4n) is 3.07. The van der Waals surface area contributed by atoms with Crippen molar-refractivity contribution in [3.8, 4) is 0 Å². The molecule has 1 saturated heterocycles. The average Bonchev–Trinajstić information content (AvgIpc) is 2.54. The third-order valence-electron chi connectivity index (χ3n) is 4.35. The Morgan fingerprint density at radius 1 is 0.875 bits per heavy atom. The Morgan fingerprint density at radius 2 is 1.42 bits per heavy atom. The zero-order chi connectivity index (χ0) is 17.7. The highest BCUT2D eigenvalue weighted by molar-refractivity contribution is 5.94. The second kappa shape index (κ2) is 8.32. The third kappa shape index (κ3) is 5.08. The molecule has 0 atom stereocenters. The van der Waals surface area contributed by atoms with Gasteiger partial charge in [-0.15, -0.1) is 0 Å². The molecule has 24 heavy (non-hydrogen) atoms. The topological polar surface area (TPSA) is 40.6 Å². The van der Waals surface area contributed by atoms with Crippen LogP contribution in [0.3, 0.4) is 0 Å². The van der Waals surface area contributed by atoms with Gasteiger partial charge < -0.3 is 9.80 Å². The van der Waals surface area contributed by atoms with Gasteiger partial charge in [0.25, 0.3) is 5.91 Å². The number of carbonyl (C=O) groups is 2. The second-order valence-electron chi connectivity index (χ2n) is 7.57. The molecule has 1 fully saturated rings. The summed E-state index contributed by atoms with van der Waals surface area (Å²) in [5.41, 5.74) is 2.01. The largest absolute Gasteiger partial charge is 0.339 e. The molecule has 0 radical (unpaired) electrons. The maximum atomic E-state index is 12.6. The van der Waals surface area contributed by atoms with Crippen molar-refractivity contribution in [2.45, 2.75) is 40.5 Å². The summed E-state index contributed by atoms with van der Waals surface area (Å²) in [5, 5.41) is 0. The van der Waals surface area contributed by atoms with Gasteiger partial charge in [-0.05, 0) is 36.0 Å². The molecule has 0 N–H and O–H groups in total. The van der Waals surface area contributed by atoms with Gasteiger partial charge in [-0.1, -0.05) is 39.8 Å². The molecule has 0 aromatic heterocycles. The van der Waals surface area contributed by atoms with Gasteiger partial charge in [-0.3, -0.25) is 9.59 Å². The number of nitrogens with zero attached hydrogens (tertiary/aromatic N) is 2. The summed E-state index contributed by atoms with van der Waals surface area (Å²) in [7, 11) is 0. The Morgan fingerprint density at radius 3 is 1.92 bits per heavy atom. The lowest BCUT2D eigenvalue weighted by atomic mass is 10.0. The summed E-state index contributed by atoms with van der Waals surface area (Å²) in [4.78, 5) is 28.5. The predicted octanol–water partition coefficient (Wildman–Crippen LogP) is 3.22. The van der Waals surface area contributed by atoms with Crippen molar-refractivity contribution in [2.24, 2.45) is 11.8 Å². The van der Waals surface area contributed by atoms with Crippen LogP contribution in [0.1, 0.15) is 50.0 Å². The number of hydrogen-bond donors (Lipinski definition) is 0. The molecule has 0 saturated carbocycles. The molecule has 1 heterocycles. The lowest BCUT2D eigenvalue weighted by Gasteiger charge is -2.35. The second-order valence-corrected chi connectivity index (χ2v) is 7.57. The molecule has 132 valence electrons. The SMILES string of the molecule is CC(C)CC(=O)N1CCN(C(=O)c2ccc(CC(C)C)cc2)CC1. The Kier molecular flexibility index (Phi) is 6.41. The van der Waals surface area contributed by atoms with Crippen LogP contribution in [-0.2, 0) is 11.2 Å². The number of rotatable bonds is 5. The number of carbonyl (C=O) groups excluding carboxylic acids is 2. The van der Waals surface area contributed by atoms with E-state index >= 15 is 0 Å². The van der Waals surface area contributed by atoms with Gasteiger partial charge in [0.1, 0.15) is 0 Å². The van der Waals surface area contributed by atoms with Crippen molar-refractivity contribution in [3.05, 3.63) is 35.4 Å². The summed E-state index contributed by atoms with van der Waals surface area (Å²) in [6, 6.07) is 7.96. The van der Waals surface area contributed by atoms with E-state index in [1.807, 2.05) is 21.9 Å². The van der Waals surface area contributed by atoms with Crippen molar-refractivity contribution >= 4 is 11.8 Å². The number of hydrogen-bond acceptors (Lipinski definition) is 2. The van der Waals surface area contributed by atoms with Crippen LogP contribution in [0.15, 0.2) is 24.3 Å². The summed E-state index contributed by atoms with van der Waals surface area (Å²) < 4.78 is 0. The van der Waals surface area contributed by atoms with E-state index in [1.165, 1.54) is 5.56 Å². The van der Waals surface area contributed by atoms with Gasteiger partial charge in [-0.25, -0.2) is 0 Å². The maximum Gasteiger partial charge on any atom is 0.253 e. The standard InChI is InChI=1S/C20H30N2O2/c1-15(2)13-17-5-7-18(8-6-17)20(24)22-11-9-21(10-12-22)19(23)14-16(3)4/h5-8,15-16H,9-14H2,1-4H3. The van der Waals surface area contributed by atoms with Gasteiger partial charge in [0.15, 0.2) is 0 Å². The zero-order valence-electron chi connectivity index (χ0n) is 15.4. The minimum Gasteiger partial charge on any atom is -0.339 e. The van der Waals surface area contributed by atoms with Crippen LogP contribution in [0.2, 0.25) is 0 Å². The molecule has 4 nitrogen and oxygen atoms in total. The number of benzene rings is 1. The summed E-state index contributed by atoms with van der Waals surface area (Å²) in [5.74, 6) is 1.27. The highest BCUT2D eigenvalue weighted by Crippen LogP contribution is 2.14. The van der Waals surface area contributed by atoms with Gasteiger partial charge in [0.2, 0.25) is 5.91 Å². The van der Waals surface area contributed by atoms with E-state index in [1.54, 1.807) is 0 Å². The van der Waals surface area contributed by atoms with Crippen LogP contribution in [-0.4, -0.2) is 47.8 Å². The monoisotopic (exact) mass is 330 g/mol. The van der Waals surface area contributed by atoms with Crippen molar-refractivity contribution in [1.29, 1.82) is 0 Å². The van der Waals surface area contributed by atoms with Gasteiger partial charge >= 0.3 is 0 Å². The Bertz CT molecular complexity index is 556. The molecule has 0 unspecified atom stereocenters. The van der Waals surface area contributed by atoms with Crippen molar-refractivity contribution in [1.82, 2.24) is 9.80 Å². The quantitative estimate of drug-likeness (QED) is 0.832. The fraction of sp³-hybridized carbons (Fsp3) is 0.600. The normalized spacial score (nSPS) is 15.2. The van der Waals surface area contributed by atoms with Crippen LogP contribution in [0.25, 0.3) is 0 Å². The lowest BCUT2D eigenvalue weighted by Crippen LogP contribution is -2.50. The number of piperazine rings is 1. The Balaban J connectivity index is 1.89.